The van der Waals surface area contributed by atoms with Crippen molar-refractivity contribution in [3.05, 3.63) is 35.9 Å². The zero-order valence-electron chi connectivity index (χ0n) is 22.5. The van der Waals surface area contributed by atoms with Gasteiger partial charge in [-0.2, -0.15) is 0 Å². The number of benzene rings is 1. The molecule has 0 saturated carbocycles. The molecule has 38 heavy (non-hydrogen) atoms. The molecule has 7 N–H and O–H groups in total. The molecule has 1 aromatic rings. The lowest BCUT2D eigenvalue weighted by Gasteiger charge is -2.40. The maximum absolute atomic E-state index is 13.3. The Labute approximate surface area is 222 Å². The zero-order chi connectivity index (χ0) is 28.6. The average molecular weight is 540 g/mol. The second-order valence-corrected chi connectivity index (χ2v) is 10.8. The van der Waals surface area contributed by atoms with E-state index in [4.69, 9.17) is 9.47 Å². The number of nitrogens with one attached hydrogen (secondary N) is 3. The predicted molar refractivity (Wildman–Crippen MR) is 137 cm³/mol. The first-order valence-corrected chi connectivity index (χ1v) is 12.7. The van der Waals surface area contributed by atoms with Crippen molar-refractivity contribution in [2.45, 2.75) is 95.8 Å². The highest BCUT2D eigenvalue weighted by atomic mass is 16.6. The molecule has 0 radical (unpaired) electrons. The van der Waals surface area contributed by atoms with E-state index in [1.165, 1.54) is 0 Å². The molecule has 1 heterocycles. The number of rotatable bonds is 10. The Kier molecular flexibility index (Phi) is 11.5. The van der Waals surface area contributed by atoms with Crippen LogP contribution in [-0.4, -0.2) is 93.3 Å². The van der Waals surface area contributed by atoms with Gasteiger partial charge in [-0.05, 0) is 38.7 Å². The lowest BCUT2D eigenvalue weighted by atomic mass is 9.96. The van der Waals surface area contributed by atoms with Gasteiger partial charge in [-0.3, -0.25) is 9.59 Å². The number of ether oxygens (including phenoxy) is 2. The topological polar surface area (TPSA) is 187 Å². The Balaban J connectivity index is 2.20. The molecule has 1 aromatic carbocycles. The van der Waals surface area contributed by atoms with Crippen LogP contribution < -0.4 is 16.0 Å². The molecular formula is C26H41N3O9. The van der Waals surface area contributed by atoms with E-state index < -0.39 is 72.8 Å². The third kappa shape index (κ3) is 9.52. The van der Waals surface area contributed by atoms with Gasteiger partial charge in [0.05, 0.1) is 6.61 Å². The fourth-order valence-corrected chi connectivity index (χ4v) is 4.00. The molecule has 12 heteroatoms. The number of carbonyl (C=O) groups is 3. The Morgan fingerprint density at radius 2 is 1.61 bits per heavy atom. The summed E-state index contributed by atoms with van der Waals surface area (Å²) in [5.74, 6) is -1.41. The molecule has 214 valence electrons. The summed E-state index contributed by atoms with van der Waals surface area (Å²) in [4.78, 5) is 39.0. The van der Waals surface area contributed by atoms with Crippen LogP contribution in [0.2, 0.25) is 0 Å². The summed E-state index contributed by atoms with van der Waals surface area (Å²) in [7, 11) is 0. The molecule has 7 atom stereocenters. The van der Waals surface area contributed by atoms with Crippen molar-refractivity contribution in [1.82, 2.24) is 16.0 Å². The number of aliphatic hydroxyl groups is 4. The molecule has 12 nitrogen and oxygen atoms in total. The van der Waals surface area contributed by atoms with Crippen LogP contribution in [0.5, 0.6) is 0 Å². The smallest absolute Gasteiger partial charge is 0.408 e. The highest BCUT2D eigenvalue weighted by Crippen LogP contribution is 2.20. The van der Waals surface area contributed by atoms with Crippen LogP contribution in [0.4, 0.5) is 4.79 Å². The quantitative estimate of drug-likeness (QED) is 0.207. The van der Waals surface area contributed by atoms with E-state index >= 15 is 0 Å². The molecule has 0 spiro atoms. The van der Waals surface area contributed by atoms with Gasteiger partial charge in [0.15, 0.2) is 6.29 Å². The second kappa shape index (κ2) is 13.9. The van der Waals surface area contributed by atoms with E-state index in [1.807, 2.05) is 19.9 Å². The molecule has 0 unspecified atom stereocenters. The van der Waals surface area contributed by atoms with Gasteiger partial charge in [-0.1, -0.05) is 44.2 Å². The molecule has 1 saturated heterocycles. The van der Waals surface area contributed by atoms with E-state index in [0.717, 1.165) is 5.56 Å². The molecule has 1 aliphatic heterocycles. The fraction of sp³-hybridized carbons (Fsp3) is 0.654. The van der Waals surface area contributed by atoms with Gasteiger partial charge in [-0.25, -0.2) is 4.79 Å². The summed E-state index contributed by atoms with van der Waals surface area (Å²) in [6.07, 6.45) is -6.58. The van der Waals surface area contributed by atoms with Crippen molar-refractivity contribution in [2.75, 3.05) is 6.61 Å². The largest absolute Gasteiger partial charge is 0.444 e. The molecule has 0 aliphatic carbocycles. The first kappa shape index (κ1) is 31.4. The second-order valence-electron chi connectivity index (χ2n) is 10.8. The highest BCUT2D eigenvalue weighted by Gasteiger charge is 2.45. The van der Waals surface area contributed by atoms with Gasteiger partial charge in [0.25, 0.3) is 0 Å². The van der Waals surface area contributed by atoms with Crippen molar-refractivity contribution in [3.63, 3.8) is 0 Å². The number of hydrogen-bond acceptors (Lipinski definition) is 9. The van der Waals surface area contributed by atoms with Gasteiger partial charge in [0, 0.05) is 6.42 Å². The zero-order valence-corrected chi connectivity index (χ0v) is 22.5. The summed E-state index contributed by atoms with van der Waals surface area (Å²) < 4.78 is 10.4. The molecule has 1 aliphatic rings. The average Bonchev–Trinajstić information content (AvgIpc) is 2.82. The van der Waals surface area contributed by atoms with Crippen molar-refractivity contribution >= 4 is 17.9 Å². The molecule has 1 fully saturated rings. The Hall–Kier alpha value is -2.77. The minimum Gasteiger partial charge on any atom is -0.444 e. The van der Waals surface area contributed by atoms with Crippen LogP contribution in [0.25, 0.3) is 0 Å². The highest BCUT2D eigenvalue weighted by molar-refractivity contribution is 5.91. The number of hydrogen-bond donors (Lipinski definition) is 7. The van der Waals surface area contributed by atoms with Crippen LogP contribution in [0.3, 0.4) is 0 Å². The summed E-state index contributed by atoms with van der Waals surface area (Å²) >= 11 is 0. The standard InChI is InChI=1S/C26H41N3O9/c1-14(2)11-16(23(34)29-19-21(32)20(31)18(13-30)37-24(19)35)27-22(33)17(12-15-9-7-6-8-10-15)28-25(36)38-26(3,4)5/h6-10,14,16-21,24,30-32,35H,11-13H2,1-5H3,(H,27,33)(H,28,36)(H,29,34)/t16-,17-,18+,19+,20+,21+,24-/m0/s1. The summed E-state index contributed by atoms with van der Waals surface area (Å²) in [6, 6.07) is 5.42. The van der Waals surface area contributed by atoms with Crippen molar-refractivity contribution in [1.29, 1.82) is 0 Å². The van der Waals surface area contributed by atoms with Crippen molar-refractivity contribution in [2.24, 2.45) is 5.92 Å². The van der Waals surface area contributed by atoms with E-state index in [0.29, 0.717) is 0 Å². The SMILES string of the molecule is CC(C)C[C@H](NC(=O)[C@H](Cc1ccccc1)NC(=O)OC(C)(C)C)C(=O)N[C@@H]1[C@@H](O)[C@H](O)[C@@H](CO)O[C@@H]1O. The Morgan fingerprint density at radius 1 is 0.974 bits per heavy atom. The van der Waals surface area contributed by atoms with Crippen LogP contribution in [0.1, 0.15) is 46.6 Å². The molecule has 0 bridgehead atoms. The van der Waals surface area contributed by atoms with Crippen LogP contribution >= 0.6 is 0 Å². The summed E-state index contributed by atoms with van der Waals surface area (Å²) in [5, 5.41) is 47.7. The number of aliphatic hydroxyl groups excluding tert-OH is 4. The van der Waals surface area contributed by atoms with E-state index in [1.54, 1.807) is 45.0 Å². The van der Waals surface area contributed by atoms with Crippen LogP contribution in [0, 0.1) is 5.92 Å². The minimum atomic E-state index is -1.70. The van der Waals surface area contributed by atoms with Gasteiger partial charge in [-0.15, -0.1) is 0 Å². The molecule has 0 aromatic heterocycles. The fourth-order valence-electron chi connectivity index (χ4n) is 4.00. The molecule has 2 rings (SSSR count). The van der Waals surface area contributed by atoms with Crippen LogP contribution in [-0.2, 0) is 25.5 Å². The van der Waals surface area contributed by atoms with E-state index in [9.17, 15) is 34.8 Å². The minimum absolute atomic E-state index is 0.0424. The van der Waals surface area contributed by atoms with Crippen LogP contribution in [0.15, 0.2) is 30.3 Å². The predicted octanol–water partition coefficient (Wildman–Crippen LogP) is -0.431. The monoisotopic (exact) mass is 539 g/mol. The van der Waals surface area contributed by atoms with Gasteiger partial charge < -0.3 is 45.9 Å². The first-order valence-electron chi connectivity index (χ1n) is 12.7. The molecule has 3 amide bonds. The normalized spacial score (nSPS) is 25.3. The lowest BCUT2D eigenvalue weighted by molar-refractivity contribution is -0.254. The number of amides is 3. The molecular weight excluding hydrogens is 498 g/mol. The summed E-state index contributed by atoms with van der Waals surface area (Å²) in [6.45, 7) is 8.12. The van der Waals surface area contributed by atoms with Gasteiger partial charge in [0.2, 0.25) is 11.8 Å². The van der Waals surface area contributed by atoms with Crippen molar-refractivity contribution in [3.8, 4) is 0 Å². The summed E-state index contributed by atoms with van der Waals surface area (Å²) in [5.41, 5.74) is -0.0204. The van der Waals surface area contributed by atoms with Gasteiger partial charge >= 0.3 is 6.09 Å². The Morgan fingerprint density at radius 3 is 2.16 bits per heavy atom. The number of alkyl carbamates (subject to hydrolysis) is 1. The lowest BCUT2D eigenvalue weighted by Crippen LogP contribution is -2.66. The van der Waals surface area contributed by atoms with E-state index in [-0.39, 0.29) is 18.8 Å². The first-order chi connectivity index (χ1) is 17.7. The third-order valence-corrected chi connectivity index (χ3v) is 5.84. The number of carbonyl (C=O) groups excluding carboxylic acids is 3. The third-order valence-electron chi connectivity index (χ3n) is 5.84. The van der Waals surface area contributed by atoms with Gasteiger partial charge in [0.1, 0.15) is 42.0 Å². The van der Waals surface area contributed by atoms with Crippen molar-refractivity contribution < 1.29 is 44.3 Å². The maximum atomic E-state index is 13.3. The Bertz CT molecular complexity index is 922. The maximum Gasteiger partial charge on any atom is 0.408 e. The van der Waals surface area contributed by atoms with E-state index in [2.05, 4.69) is 16.0 Å².